The van der Waals surface area contributed by atoms with E-state index in [4.69, 9.17) is 0 Å². The molecule has 1 aromatic carbocycles. The molecule has 0 saturated heterocycles. The minimum atomic E-state index is -0.409. The normalized spacial score (nSPS) is 19.1. The molecule has 1 saturated carbocycles. The average Bonchev–Trinajstić information content (AvgIpc) is 3.24. The van der Waals surface area contributed by atoms with E-state index in [0.717, 1.165) is 18.5 Å². The Balaban J connectivity index is 1.55. The Morgan fingerprint density at radius 3 is 2.48 bits per heavy atom. The van der Waals surface area contributed by atoms with Gasteiger partial charge in [-0.05, 0) is 68.5 Å². The summed E-state index contributed by atoms with van der Waals surface area (Å²) in [5.74, 6) is -0.409. The van der Waals surface area contributed by atoms with E-state index < -0.39 is 5.91 Å². The van der Waals surface area contributed by atoms with Gasteiger partial charge in [0.1, 0.15) is 5.56 Å². The van der Waals surface area contributed by atoms with Crippen LogP contribution in [0, 0.1) is 6.92 Å². The van der Waals surface area contributed by atoms with E-state index in [-0.39, 0.29) is 23.3 Å². The molecule has 3 aromatic rings. The maximum absolute atomic E-state index is 13.0. The molecule has 1 aliphatic carbocycles. The van der Waals surface area contributed by atoms with Gasteiger partial charge in [-0.2, -0.15) is 0 Å². The topological polar surface area (TPSA) is 89.1 Å². The number of aromatic nitrogens is 3. The number of pyridine rings is 1. The van der Waals surface area contributed by atoms with Gasteiger partial charge in [0, 0.05) is 36.0 Å². The summed E-state index contributed by atoms with van der Waals surface area (Å²) in [7, 11) is 0. The predicted molar refractivity (Wildman–Crippen MR) is 110 cm³/mol. The van der Waals surface area contributed by atoms with Gasteiger partial charge in [0.2, 0.25) is 0 Å². The van der Waals surface area contributed by atoms with Crippen molar-refractivity contribution < 1.29 is 9.90 Å². The lowest BCUT2D eigenvalue weighted by atomic mass is 9.92. The Morgan fingerprint density at radius 2 is 1.83 bits per heavy atom. The summed E-state index contributed by atoms with van der Waals surface area (Å²) in [5.41, 5.74) is 2.08. The molecule has 7 nitrogen and oxygen atoms in total. The second kappa shape index (κ2) is 8.05. The fourth-order valence-electron chi connectivity index (χ4n) is 3.86. The number of carbonyl (C=O) groups excluding carboxylic acids is 1. The van der Waals surface area contributed by atoms with Crippen LogP contribution < -0.4 is 10.9 Å². The van der Waals surface area contributed by atoms with Gasteiger partial charge in [0.25, 0.3) is 11.5 Å². The zero-order valence-corrected chi connectivity index (χ0v) is 16.3. The number of benzene rings is 1. The van der Waals surface area contributed by atoms with Crippen LogP contribution in [0.3, 0.4) is 0 Å². The van der Waals surface area contributed by atoms with E-state index >= 15 is 0 Å². The van der Waals surface area contributed by atoms with Gasteiger partial charge in [-0.15, -0.1) is 0 Å². The molecule has 2 aromatic heterocycles. The van der Waals surface area contributed by atoms with Crippen molar-refractivity contribution in [3.8, 4) is 5.69 Å². The first kappa shape index (κ1) is 19.1. The maximum Gasteiger partial charge on any atom is 0.263 e. The largest absolute Gasteiger partial charge is 0.393 e. The summed E-state index contributed by atoms with van der Waals surface area (Å²) in [4.78, 5) is 29.9. The molecule has 0 bridgehead atoms. The highest BCUT2D eigenvalue weighted by atomic mass is 16.3. The number of hydrogen-bond donors (Lipinski definition) is 2. The molecule has 2 heterocycles. The van der Waals surface area contributed by atoms with Gasteiger partial charge in [-0.3, -0.25) is 9.59 Å². The number of rotatable bonds is 4. The van der Waals surface area contributed by atoms with Gasteiger partial charge < -0.3 is 19.6 Å². The summed E-state index contributed by atoms with van der Waals surface area (Å²) < 4.78 is 3.52. The first-order valence-corrected chi connectivity index (χ1v) is 9.82. The third kappa shape index (κ3) is 4.00. The molecule has 0 atom stereocenters. The van der Waals surface area contributed by atoms with Gasteiger partial charge in [-0.1, -0.05) is 0 Å². The molecule has 1 aliphatic rings. The van der Waals surface area contributed by atoms with Crippen LogP contribution in [0.4, 0.5) is 5.69 Å². The van der Waals surface area contributed by atoms with Gasteiger partial charge in [0.15, 0.2) is 0 Å². The van der Waals surface area contributed by atoms with Gasteiger partial charge >= 0.3 is 0 Å². The molecular formula is C22H24N4O3. The number of nitrogens with one attached hydrogen (secondary N) is 1. The maximum atomic E-state index is 13.0. The number of hydrogen-bond acceptors (Lipinski definition) is 4. The van der Waals surface area contributed by atoms with E-state index in [1.807, 2.05) is 29.0 Å². The number of imidazole rings is 1. The summed E-state index contributed by atoms with van der Waals surface area (Å²) in [5, 5.41) is 12.6. The first-order valence-electron chi connectivity index (χ1n) is 9.82. The van der Waals surface area contributed by atoms with Crippen molar-refractivity contribution in [3.63, 3.8) is 0 Å². The van der Waals surface area contributed by atoms with E-state index in [1.165, 1.54) is 0 Å². The number of anilines is 1. The molecular weight excluding hydrogens is 368 g/mol. The van der Waals surface area contributed by atoms with E-state index in [1.54, 1.807) is 42.3 Å². The average molecular weight is 392 g/mol. The van der Waals surface area contributed by atoms with Crippen molar-refractivity contribution in [2.24, 2.45) is 0 Å². The zero-order chi connectivity index (χ0) is 20.4. The van der Waals surface area contributed by atoms with E-state index in [0.29, 0.717) is 24.1 Å². The van der Waals surface area contributed by atoms with E-state index in [2.05, 4.69) is 10.3 Å². The molecule has 1 fully saturated rings. The minimum absolute atomic E-state index is 0.0208. The monoisotopic (exact) mass is 392 g/mol. The molecule has 0 radical (unpaired) electrons. The highest BCUT2D eigenvalue weighted by Crippen LogP contribution is 2.27. The second-order valence-electron chi connectivity index (χ2n) is 7.52. The van der Waals surface area contributed by atoms with Crippen molar-refractivity contribution in [1.29, 1.82) is 0 Å². The van der Waals surface area contributed by atoms with Gasteiger partial charge in [0.05, 0.1) is 12.4 Å². The molecule has 1 amide bonds. The molecule has 0 spiro atoms. The first-order chi connectivity index (χ1) is 14.0. The number of aryl methyl sites for hydroxylation is 1. The zero-order valence-electron chi connectivity index (χ0n) is 16.3. The highest BCUT2D eigenvalue weighted by Gasteiger charge is 2.24. The van der Waals surface area contributed by atoms with Crippen LogP contribution in [0.5, 0.6) is 0 Å². The van der Waals surface area contributed by atoms with Crippen molar-refractivity contribution in [2.45, 2.75) is 44.8 Å². The molecule has 29 heavy (non-hydrogen) atoms. The minimum Gasteiger partial charge on any atom is -0.393 e. The fourth-order valence-corrected chi connectivity index (χ4v) is 3.86. The number of nitrogens with zero attached hydrogens (tertiary/aromatic N) is 3. The molecule has 7 heteroatoms. The molecule has 0 unspecified atom stereocenters. The quantitative estimate of drug-likeness (QED) is 0.714. The van der Waals surface area contributed by atoms with Crippen LogP contribution in [-0.4, -0.2) is 31.2 Å². The van der Waals surface area contributed by atoms with Crippen LogP contribution in [0.2, 0.25) is 0 Å². The smallest absolute Gasteiger partial charge is 0.263 e. The summed E-state index contributed by atoms with van der Waals surface area (Å²) in [6.45, 7) is 1.77. The SMILES string of the molecule is Cc1ccn(C2CCC(O)CC2)c(=O)c1C(=O)Nc1ccc(-n2ccnc2)cc1. The molecule has 0 aliphatic heterocycles. The third-order valence-corrected chi connectivity index (χ3v) is 5.54. The fraction of sp³-hybridized carbons (Fsp3) is 0.318. The number of aliphatic hydroxyl groups excluding tert-OH is 1. The summed E-state index contributed by atoms with van der Waals surface area (Å²) in [6.07, 6.45) is 9.54. The third-order valence-electron chi connectivity index (χ3n) is 5.54. The predicted octanol–water partition coefficient (Wildman–Crippen LogP) is 3.07. The standard InChI is InChI=1S/C22H24N4O3/c1-15-10-12-26(18-6-8-19(27)9-7-18)22(29)20(15)21(28)24-16-2-4-17(5-3-16)25-13-11-23-14-25/h2-5,10-14,18-19,27H,6-9H2,1H3,(H,24,28). The van der Waals surface area contributed by atoms with Crippen LogP contribution >= 0.6 is 0 Å². The van der Waals surface area contributed by atoms with E-state index in [9.17, 15) is 14.7 Å². The molecule has 150 valence electrons. The Kier molecular flexibility index (Phi) is 5.31. The van der Waals surface area contributed by atoms with Crippen molar-refractivity contribution >= 4 is 11.6 Å². The van der Waals surface area contributed by atoms with Crippen LogP contribution in [0.15, 0.2) is 60.0 Å². The Morgan fingerprint density at radius 1 is 1.10 bits per heavy atom. The van der Waals surface area contributed by atoms with Crippen LogP contribution in [0.25, 0.3) is 5.69 Å². The number of amides is 1. The lowest BCUT2D eigenvalue weighted by Crippen LogP contribution is -2.34. The lowest BCUT2D eigenvalue weighted by molar-refractivity contribution is 0.101. The number of carbonyl (C=O) groups is 1. The Bertz CT molecular complexity index is 1050. The number of aliphatic hydroxyl groups is 1. The molecule has 4 rings (SSSR count). The van der Waals surface area contributed by atoms with Crippen molar-refractivity contribution in [2.75, 3.05) is 5.32 Å². The van der Waals surface area contributed by atoms with Crippen molar-refractivity contribution in [3.05, 3.63) is 76.7 Å². The summed E-state index contributed by atoms with van der Waals surface area (Å²) >= 11 is 0. The lowest BCUT2D eigenvalue weighted by Gasteiger charge is -2.27. The molecule has 2 N–H and O–H groups in total. The van der Waals surface area contributed by atoms with Crippen LogP contribution in [0.1, 0.15) is 47.6 Å². The summed E-state index contributed by atoms with van der Waals surface area (Å²) in [6, 6.07) is 9.18. The highest BCUT2D eigenvalue weighted by molar-refractivity contribution is 6.05. The Hall–Kier alpha value is -3.19. The van der Waals surface area contributed by atoms with Crippen molar-refractivity contribution in [1.82, 2.24) is 14.1 Å². The second-order valence-corrected chi connectivity index (χ2v) is 7.52. The Labute approximate surface area is 168 Å². The van der Waals surface area contributed by atoms with Gasteiger partial charge in [-0.25, -0.2) is 4.98 Å². The van der Waals surface area contributed by atoms with Crippen LogP contribution in [-0.2, 0) is 0 Å².